The second-order valence-corrected chi connectivity index (χ2v) is 4.87. The Kier molecular flexibility index (Phi) is 4.87. The first-order chi connectivity index (χ1) is 10.3. The van der Waals surface area contributed by atoms with Crippen molar-refractivity contribution in [3.8, 4) is 0 Å². The number of benzene rings is 1. The number of nitrogens with one attached hydrogen (secondary N) is 1. The number of aliphatic hydroxyl groups excluding tert-OH is 1. The molecule has 118 valence electrons. The Morgan fingerprint density at radius 2 is 2.00 bits per heavy atom. The van der Waals surface area contributed by atoms with Gasteiger partial charge in [0.2, 0.25) is 0 Å². The highest BCUT2D eigenvalue weighted by molar-refractivity contribution is 6.30. The average molecular weight is 335 g/mol. The summed E-state index contributed by atoms with van der Waals surface area (Å²) >= 11 is 5.52. The van der Waals surface area contributed by atoms with Crippen LogP contribution in [0.4, 0.5) is 23.4 Å². The molecule has 0 amide bonds. The van der Waals surface area contributed by atoms with Gasteiger partial charge in [0.25, 0.3) is 0 Å². The van der Waals surface area contributed by atoms with Gasteiger partial charge in [0.15, 0.2) is 0 Å². The maximum absolute atomic E-state index is 13.3. The molecular formula is C14H11ClF4N2O. The summed E-state index contributed by atoms with van der Waals surface area (Å²) in [4.78, 5) is 3.61. The predicted molar refractivity (Wildman–Crippen MR) is 74.1 cm³/mol. The molecule has 0 fully saturated rings. The molecule has 1 aromatic heterocycles. The highest BCUT2D eigenvalue weighted by Gasteiger charge is 2.34. The van der Waals surface area contributed by atoms with Crippen molar-refractivity contribution in [3.63, 3.8) is 0 Å². The highest BCUT2D eigenvalue weighted by Crippen LogP contribution is 2.33. The van der Waals surface area contributed by atoms with Crippen LogP contribution in [0.2, 0.25) is 5.02 Å². The first-order valence-electron chi connectivity index (χ1n) is 6.18. The van der Waals surface area contributed by atoms with Crippen LogP contribution in [0.5, 0.6) is 0 Å². The molecule has 3 nitrogen and oxygen atoms in total. The molecule has 2 N–H and O–H groups in total. The molecule has 22 heavy (non-hydrogen) atoms. The van der Waals surface area contributed by atoms with E-state index in [0.29, 0.717) is 0 Å². The van der Waals surface area contributed by atoms with Crippen LogP contribution < -0.4 is 5.32 Å². The van der Waals surface area contributed by atoms with E-state index in [0.717, 1.165) is 12.1 Å². The highest BCUT2D eigenvalue weighted by atomic mass is 35.5. The van der Waals surface area contributed by atoms with Crippen molar-refractivity contribution >= 4 is 17.4 Å². The van der Waals surface area contributed by atoms with Crippen LogP contribution in [0.25, 0.3) is 0 Å². The first kappa shape index (κ1) is 16.5. The zero-order valence-electron chi connectivity index (χ0n) is 11.0. The molecule has 8 heteroatoms. The lowest BCUT2D eigenvalue weighted by molar-refractivity contribution is -0.137. The third-order valence-corrected chi connectivity index (χ3v) is 3.21. The number of hydrogen-bond acceptors (Lipinski definition) is 3. The SMILES string of the molecule is OC(CNc1ncccc1C(F)(F)F)c1ccc(Cl)c(F)c1. The number of aromatic nitrogens is 1. The second kappa shape index (κ2) is 6.50. The van der Waals surface area contributed by atoms with Gasteiger partial charge in [-0.25, -0.2) is 9.37 Å². The number of anilines is 1. The van der Waals surface area contributed by atoms with Gasteiger partial charge in [0, 0.05) is 12.7 Å². The van der Waals surface area contributed by atoms with Gasteiger partial charge < -0.3 is 10.4 Å². The Hall–Kier alpha value is -1.86. The van der Waals surface area contributed by atoms with Gasteiger partial charge in [-0.2, -0.15) is 13.2 Å². The van der Waals surface area contributed by atoms with Crippen LogP contribution >= 0.6 is 11.6 Å². The second-order valence-electron chi connectivity index (χ2n) is 4.47. The number of pyridine rings is 1. The molecule has 0 aliphatic heterocycles. The van der Waals surface area contributed by atoms with Gasteiger partial charge in [-0.1, -0.05) is 17.7 Å². The monoisotopic (exact) mass is 334 g/mol. The first-order valence-corrected chi connectivity index (χ1v) is 6.56. The van der Waals surface area contributed by atoms with Gasteiger partial charge in [0.05, 0.1) is 16.7 Å². The van der Waals surface area contributed by atoms with E-state index in [2.05, 4.69) is 10.3 Å². The molecule has 1 aromatic carbocycles. The van der Waals surface area contributed by atoms with Crippen LogP contribution in [0.1, 0.15) is 17.2 Å². The molecule has 0 aliphatic carbocycles. The molecule has 1 unspecified atom stereocenters. The van der Waals surface area contributed by atoms with Crippen LogP contribution in [0, 0.1) is 5.82 Å². The smallest absolute Gasteiger partial charge is 0.387 e. The Balaban J connectivity index is 2.11. The third-order valence-electron chi connectivity index (χ3n) is 2.90. The quantitative estimate of drug-likeness (QED) is 0.830. The number of rotatable bonds is 4. The fourth-order valence-electron chi connectivity index (χ4n) is 1.81. The van der Waals surface area contributed by atoms with Crippen LogP contribution in [0.3, 0.4) is 0 Å². The lowest BCUT2D eigenvalue weighted by Crippen LogP contribution is -2.17. The summed E-state index contributed by atoms with van der Waals surface area (Å²) in [6.45, 7) is -0.263. The summed E-state index contributed by atoms with van der Waals surface area (Å²) in [6.07, 6.45) is -4.57. The van der Waals surface area contributed by atoms with Crippen LogP contribution in [0.15, 0.2) is 36.5 Å². The number of nitrogens with zero attached hydrogens (tertiary/aromatic N) is 1. The molecule has 0 saturated heterocycles. The summed E-state index contributed by atoms with van der Waals surface area (Å²) in [5.74, 6) is -1.12. The summed E-state index contributed by atoms with van der Waals surface area (Å²) in [5.41, 5.74) is -0.747. The third kappa shape index (κ3) is 3.86. The average Bonchev–Trinajstić information content (AvgIpc) is 2.47. The summed E-state index contributed by atoms with van der Waals surface area (Å²) < 4.78 is 51.7. The molecular weight excluding hydrogens is 324 g/mol. The van der Waals surface area contributed by atoms with Gasteiger partial charge >= 0.3 is 6.18 Å². The lowest BCUT2D eigenvalue weighted by Gasteiger charge is -2.16. The molecule has 0 saturated carbocycles. The van der Waals surface area contributed by atoms with Gasteiger partial charge in [-0.15, -0.1) is 0 Å². The molecule has 0 spiro atoms. The predicted octanol–water partition coefficient (Wildman–Crippen LogP) is 4.04. The van der Waals surface area contributed by atoms with Gasteiger partial charge in [-0.05, 0) is 29.8 Å². The van der Waals surface area contributed by atoms with E-state index in [1.807, 2.05) is 0 Å². The largest absolute Gasteiger partial charge is 0.419 e. The van der Waals surface area contributed by atoms with Crippen LogP contribution in [-0.2, 0) is 6.18 Å². The van der Waals surface area contributed by atoms with E-state index in [9.17, 15) is 22.7 Å². The molecule has 0 aliphatic rings. The molecule has 1 heterocycles. The van der Waals surface area contributed by atoms with Crippen molar-refractivity contribution in [2.24, 2.45) is 0 Å². The van der Waals surface area contributed by atoms with Crippen molar-refractivity contribution in [3.05, 3.63) is 58.5 Å². The van der Waals surface area contributed by atoms with Crippen molar-refractivity contribution in [1.82, 2.24) is 4.98 Å². The zero-order chi connectivity index (χ0) is 16.3. The fraction of sp³-hybridized carbons (Fsp3) is 0.214. The maximum atomic E-state index is 13.3. The van der Waals surface area contributed by atoms with E-state index in [1.54, 1.807) is 0 Å². The molecule has 0 bridgehead atoms. The Morgan fingerprint density at radius 1 is 1.27 bits per heavy atom. The normalized spacial score (nSPS) is 13.0. The van der Waals surface area contributed by atoms with Crippen molar-refractivity contribution < 1.29 is 22.7 Å². The fourth-order valence-corrected chi connectivity index (χ4v) is 1.92. The van der Waals surface area contributed by atoms with Gasteiger partial charge in [0.1, 0.15) is 11.6 Å². The van der Waals surface area contributed by atoms with Crippen molar-refractivity contribution in [2.45, 2.75) is 12.3 Å². The Labute approximate surface area is 128 Å². The lowest BCUT2D eigenvalue weighted by atomic mass is 10.1. The summed E-state index contributed by atoms with van der Waals surface area (Å²) in [5, 5.41) is 12.2. The van der Waals surface area contributed by atoms with Crippen LogP contribution in [-0.4, -0.2) is 16.6 Å². The summed E-state index contributed by atoms with van der Waals surface area (Å²) in [7, 11) is 0. The van der Waals surface area contributed by atoms with Crippen molar-refractivity contribution in [2.75, 3.05) is 11.9 Å². The van der Waals surface area contributed by atoms with E-state index in [4.69, 9.17) is 11.6 Å². The Bertz CT molecular complexity index is 664. The minimum absolute atomic E-state index is 0.104. The van der Waals surface area contributed by atoms with Crippen molar-refractivity contribution in [1.29, 1.82) is 0 Å². The Morgan fingerprint density at radius 3 is 2.64 bits per heavy atom. The topological polar surface area (TPSA) is 45.1 Å². The standard InChI is InChI=1S/C14H11ClF4N2O/c15-10-4-3-8(6-11(10)16)12(22)7-21-13-9(14(17,18)19)2-1-5-20-13/h1-6,12,22H,7H2,(H,20,21). The molecule has 1 atom stereocenters. The molecule has 0 radical (unpaired) electrons. The number of alkyl halides is 3. The number of hydrogen-bond donors (Lipinski definition) is 2. The van der Waals surface area contributed by atoms with E-state index in [-0.39, 0.29) is 17.1 Å². The van der Waals surface area contributed by atoms with E-state index >= 15 is 0 Å². The minimum Gasteiger partial charge on any atom is -0.387 e. The van der Waals surface area contributed by atoms with Gasteiger partial charge in [-0.3, -0.25) is 0 Å². The maximum Gasteiger partial charge on any atom is 0.419 e. The molecule has 2 aromatic rings. The summed E-state index contributed by atoms with van der Waals surface area (Å²) in [6, 6.07) is 5.72. The number of aliphatic hydroxyl groups is 1. The van der Waals surface area contributed by atoms with E-state index in [1.165, 1.54) is 24.4 Å². The van der Waals surface area contributed by atoms with E-state index < -0.39 is 29.5 Å². The minimum atomic E-state index is -4.56. The zero-order valence-corrected chi connectivity index (χ0v) is 11.8. The number of halogens is 5. The molecule has 2 rings (SSSR count).